The van der Waals surface area contributed by atoms with Gasteiger partial charge in [0.25, 0.3) is 5.91 Å². The van der Waals surface area contributed by atoms with Crippen molar-refractivity contribution < 1.29 is 9.53 Å². The van der Waals surface area contributed by atoms with Gasteiger partial charge in [-0.3, -0.25) is 9.69 Å². The van der Waals surface area contributed by atoms with Crippen molar-refractivity contribution in [3.8, 4) is 5.75 Å². The SMILES string of the molecule is Cc1ccc2sc(N(CCCn3ccnc3)C(=O)COc3ccc(Cl)cc3)nc2c1C. The van der Waals surface area contributed by atoms with Crippen LogP contribution in [0.15, 0.2) is 55.1 Å². The Labute approximate surface area is 190 Å². The second kappa shape index (κ2) is 9.49. The molecule has 0 spiro atoms. The molecule has 31 heavy (non-hydrogen) atoms. The predicted octanol–water partition coefficient (Wildman–Crippen LogP) is 5.27. The van der Waals surface area contributed by atoms with Crippen LogP contribution in [0.1, 0.15) is 17.5 Å². The Kier molecular flexibility index (Phi) is 6.53. The molecule has 4 aromatic rings. The Morgan fingerprint density at radius 1 is 1.19 bits per heavy atom. The normalized spacial score (nSPS) is 11.1. The molecule has 0 unspecified atom stereocenters. The van der Waals surface area contributed by atoms with E-state index in [4.69, 9.17) is 21.3 Å². The van der Waals surface area contributed by atoms with Gasteiger partial charge in [-0.25, -0.2) is 9.97 Å². The minimum Gasteiger partial charge on any atom is -0.484 e. The molecule has 0 bridgehead atoms. The molecular formula is C23H23ClN4O2S. The summed E-state index contributed by atoms with van der Waals surface area (Å²) in [6.45, 7) is 5.38. The highest BCUT2D eigenvalue weighted by Gasteiger charge is 2.21. The van der Waals surface area contributed by atoms with Crippen molar-refractivity contribution in [3.63, 3.8) is 0 Å². The maximum Gasteiger partial charge on any atom is 0.266 e. The fraction of sp³-hybridized carbons (Fsp3) is 0.261. The molecule has 0 aliphatic rings. The van der Waals surface area contributed by atoms with Crippen molar-refractivity contribution in [2.24, 2.45) is 0 Å². The fourth-order valence-electron chi connectivity index (χ4n) is 3.24. The summed E-state index contributed by atoms with van der Waals surface area (Å²) in [6.07, 6.45) is 6.22. The van der Waals surface area contributed by atoms with Gasteiger partial charge in [0.05, 0.1) is 16.5 Å². The quantitative estimate of drug-likeness (QED) is 0.364. The number of thiazole rings is 1. The maximum atomic E-state index is 13.1. The van der Waals surface area contributed by atoms with Crippen molar-refractivity contribution in [1.29, 1.82) is 0 Å². The average molecular weight is 455 g/mol. The number of nitrogens with zero attached hydrogens (tertiary/aromatic N) is 4. The topological polar surface area (TPSA) is 60.2 Å². The first-order valence-corrected chi connectivity index (χ1v) is 11.2. The largest absolute Gasteiger partial charge is 0.484 e. The highest BCUT2D eigenvalue weighted by Crippen LogP contribution is 2.32. The number of amides is 1. The van der Waals surface area contributed by atoms with Crippen LogP contribution in [0.5, 0.6) is 5.75 Å². The van der Waals surface area contributed by atoms with E-state index in [0.717, 1.165) is 28.7 Å². The summed E-state index contributed by atoms with van der Waals surface area (Å²) in [5.41, 5.74) is 3.28. The molecule has 0 N–H and O–H groups in total. The molecule has 4 rings (SSSR count). The molecule has 0 saturated carbocycles. The van der Waals surface area contributed by atoms with Crippen LogP contribution in [-0.2, 0) is 11.3 Å². The molecule has 2 heterocycles. The molecule has 1 amide bonds. The standard InChI is InChI=1S/C23H23ClN4O2S/c1-16-4-9-20-22(17(16)2)26-23(31-20)28(12-3-11-27-13-10-25-15-27)21(29)14-30-19-7-5-18(24)6-8-19/h4-10,13,15H,3,11-12,14H2,1-2H3. The molecule has 160 valence electrons. The Hall–Kier alpha value is -2.90. The molecule has 6 nitrogen and oxygen atoms in total. The van der Waals surface area contributed by atoms with Crippen molar-refractivity contribution in [2.75, 3.05) is 18.1 Å². The zero-order valence-corrected chi connectivity index (χ0v) is 19.0. The summed E-state index contributed by atoms with van der Waals surface area (Å²) in [5.74, 6) is 0.473. The van der Waals surface area contributed by atoms with Crippen LogP contribution in [0.4, 0.5) is 5.13 Å². The van der Waals surface area contributed by atoms with Crippen LogP contribution in [0.25, 0.3) is 10.2 Å². The lowest BCUT2D eigenvalue weighted by Crippen LogP contribution is -2.36. The molecule has 0 aliphatic heterocycles. The van der Waals surface area contributed by atoms with Gasteiger partial charge in [0, 0.05) is 30.5 Å². The number of carbonyl (C=O) groups excluding carboxylic acids is 1. The number of halogens is 1. The maximum absolute atomic E-state index is 13.1. The summed E-state index contributed by atoms with van der Waals surface area (Å²) < 4.78 is 8.78. The first kappa shape index (κ1) is 21.3. The van der Waals surface area contributed by atoms with E-state index < -0.39 is 0 Å². The Morgan fingerprint density at radius 3 is 2.74 bits per heavy atom. The number of aryl methyl sites for hydroxylation is 3. The third-order valence-electron chi connectivity index (χ3n) is 5.14. The van der Waals surface area contributed by atoms with Crippen LogP contribution >= 0.6 is 22.9 Å². The van der Waals surface area contributed by atoms with Gasteiger partial charge in [-0.15, -0.1) is 0 Å². The summed E-state index contributed by atoms with van der Waals surface area (Å²) in [5, 5.41) is 1.32. The molecule has 0 fully saturated rings. The van der Waals surface area contributed by atoms with Gasteiger partial charge in [0.2, 0.25) is 0 Å². The summed E-state index contributed by atoms with van der Waals surface area (Å²) in [7, 11) is 0. The number of fused-ring (bicyclic) bond motifs is 1. The van der Waals surface area contributed by atoms with Crippen LogP contribution < -0.4 is 9.64 Å². The van der Waals surface area contributed by atoms with Crippen LogP contribution in [0.2, 0.25) is 5.02 Å². The van der Waals surface area contributed by atoms with Crippen molar-refractivity contribution >= 4 is 44.2 Å². The Morgan fingerprint density at radius 2 is 2.00 bits per heavy atom. The molecule has 2 aromatic heterocycles. The fourth-order valence-corrected chi connectivity index (χ4v) is 4.44. The Bertz CT molecular complexity index is 1170. The predicted molar refractivity (Wildman–Crippen MR) is 125 cm³/mol. The number of anilines is 1. The van der Waals surface area contributed by atoms with E-state index in [0.29, 0.717) is 22.4 Å². The number of imidazole rings is 1. The van der Waals surface area contributed by atoms with Gasteiger partial charge < -0.3 is 9.30 Å². The molecule has 0 saturated heterocycles. The Balaban J connectivity index is 1.53. The number of rotatable bonds is 8. The highest BCUT2D eigenvalue weighted by atomic mass is 35.5. The minimum absolute atomic E-state index is 0.0688. The number of ether oxygens (including phenoxy) is 1. The van der Waals surface area contributed by atoms with E-state index in [-0.39, 0.29) is 12.5 Å². The summed E-state index contributed by atoms with van der Waals surface area (Å²) >= 11 is 7.45. The number of benzene rings is 2. The second-order valence-corrected chi connectivity index (χ2v) is 8.74. The smallest absolute Gasteiger partial charge is 0.266 e. The summed E-state index contributed by atoms with van der Waals surface area (Å²) in [6, 6.07) is 11.1. The molecule has 2 aromatic carbocycles. The number of hydrogen-bond acceptors (Lipinski definition) is 5. The van der Waals surface area contributed by atoms with Gasteiger partial charge in [-0.2, -0.15) is 0 Å². The van der Waals surface area contributed by atoms with Crippen LogP contribution in [-0.4, -0.2) is 33.6 Å². The van der Waals surface area contributed by atoms with Crippen LogP contribution in [0.3, 0.4) is 0 Å². The van der Waals surface area contributed by atoms with Gasteiger partial charge in [-0.1, -0.05) is 29.0 Å². The molecule has 0 aliphatic carbocycles. The van der Waals surface area contributed by atoms with Gasteiger partial charge in [0.15, 0.2) is 11.7 Å². The third kappa shape index (κ3) is 5.06. The first-order chi connectivity index (χ1) is 15.0. The molecular weight excluding hydrogens is 432 g/mol. The van der Waals surface area contributed by atoms with E-state index in [9.17, 15) is 4.79 Å². The summed E-state index contributed by atoms with van der Waals surface area (Å²) in [4.78, 5) is 23.7. The van der Waals surface area contributed by atoms with E-state index >= 15 is 0 Å². The van der Waals surface area contributed by atoms with E-state index in [1.54, 1.807) is 41.7 Å². The first-order valence-electron chi connectivity index (χ1n) is 10.0. The molecule has 8 heteroatoms. The van der Waals surface area contributed by atoms with Gasteiger partial charge in [-0.05, 0) is 61.7 Å². The third-order valence-corrected chi connectivity index (χ3v) is 6.43. The lowest BCUT2D eigenvalue weighted by atomic mass is 10.1. The van der Waals surface area contributed by atoms with E-state index in [1.807, 2.05) is 10.8 Å². The molecule has 0 atom stereocenters. The van der Waals surface area contributed by atoms with Crippen molar-refractivity contribution in [3.05, 3.63) is 71.3 Å². The average Bonchev–Trinajstić information content (AvgIpc) is 3.43. The zero-order valence-electron chi connectivity index (χ0n) is 17.4. The van der Waals surface area contributed by atoms with Gasteiger partial charge in [0.1, 0.15) is 5.75 Å². The molecule has 0 radical (unpaired) electrons. The second-order valence-electron chi connectivity index (χ2n) is 7.29. The van der Waals surface area contributed by atoms with Crippen LogP contribution in [0, 0.1) is 13.8 Å². The van der Waals surface area contributed by atoms with E-state index in [1.165, 1.54) is 16.9 Å². The van der Waals surface area contributed by atoms with Crippen molar-refractivity contribution in [2.45, 2.75) is 26.8 Å². The number of aromatic nitrogens is 3. The monoisotopic (exact) mass is 454 g/mol. The van der Waals surface area contributed by atoms with Gasteiger partial charge >= 0.3 is 0 Å². The minimum atomic E-state index is -0.131. The lowest BCUT2D eigenvalue weighted by molar-refractivity contribution is -0.120. The highest BCUT2D eigenvalue weighted by molar-refractivity contribution is 7.22. The number of hydrogen-bond donors (Lipinski definition) is 0. The lowest BCUT2D eigenvalue weighted by Gasteiger charge is -2.20. The zero-order chi connectivity index (χ0) is 21.8. The number of carbonyl (C=O) groups is 1. The van der Waals surface area contributed by atoms with E-state index in [2.05, 4.69) is 31.0 Å². The van der Waals surface area contributed by atoms with Crippen molar-refractivity contribution in [1.82, 2.24) is 14.5 Å².